The molecule has 1 atom stereocenters. The topological polar surface area (TPSA) is 36.4 Å². The van der Waals surface area contributed by atoms with Gasteiger partial charge in [-0.15, -0.1) is 0 Å². The average Bonchev–Trinajstić information content (AvgIpc) is 2.20. The molecule has 0 amide bonds. The van der Waals surface area contributed by atoms with Crippen molar-refractivity contribution in [3.05, 3.63) is 29.0 Å². The summed E-state index contributed by atoms with van der Waals surface area (Å²) in [5.41, 5.74) is 1.14. The maximum Gasteiger partial charge on any atom is 0.129 e. The van der Waals surface area contributed by atoms with Gasteiger partial charge in [-0.1, -0.05) is 38.4 Å². The van der Waals surface area contributed by atoms with Gasteiger partial charge < -0.3 is 5.11 Å². The van der Waals surface area contributed by atoms with Gasteiger partial charge >= 0.3 is 0 Å². The van der Waals surface area contributed by atoms with Gasteiger partial charge in [0.05, 0.1) is 6.61 Å². The Labute approximate surface area is 108 Å². The minimum absolute atomic E-state index is 0.0450. The molecule has 0 radical (unpaired) electrons. The Hall–Kier alpha value is -0.640. The molecule has 0 spiro atoms. The first-order valence-corrected chi connectivity index (χ1v) is 6.14. The molecule has 0 fully saturated rings. The van der Waals surface area contributed by atoms with Crippen molar-refractivity contribution in [2.24, 2.45) is 5.41 Å². The fourth-order valence-corrected chi connectivity index (χ4v) is 2.08. The van der Waals surface area contributed by atoms with Crippen molar-refractivity contribution in [2.75, 3.05) is 13.7 Å². The van der Waals surface area contributed by atoms with Crippen LogP contribution in [0.5, 0.6) is 0 Å². The summed E-state index contributed by atoms with van der Waals surface area (Å²) in [7, 11) is 2.01. The Kier molecular flexibility index (Phi) is 4.92. The number of halogens is 1. The SMILES string of the molecule is CN(Cc1ccc(Cl)nc1)C(CO)C(C)(C)C. The van der Waals surface area contributed by atoms with E-state index in [1.54, 1.807) is 12.3 Å². The number of pyridine rings is 1. The van der Waals surface area contributed by atoms with Crippen molar-refractivity contribution in [1.82, 2.24) is 9.88 Å². The largest absolute Gasteiger partial charge is 0.395 e. The number of hydrogen-bond donors (Lipinski definition) is 1. The van der Waals surface area contributed by atoms with Crippen LogP contribution in [0.2, 0.25) is 5.15 Å². The molecule has 1 heterocycles. The van der Waals surface area contributed by atoms with Crippen LogP contribution in [-0.4, -0.2) is 34.7 Å². The van der Waals surface area contributed by atoms with Crippen LogP contribution in [0.15, 0.2) is 18.3 Å². The molecule has 1 unspecified atom stereocenters. The first-order valence-electron chi connectivity index (χ1n) is 5.76. The number of nitrogens with zero attached hydrogens (tertiary/aromatic N) is 2. The van der Waals surface area contributed by atoms with Crippen molar-refractivity contribution in [1.29, 1.82) is 0 Å². The van der Waals surface area contributed by atoms with Crippen LogP contribution in [0.25, 0.3) is 0 Å². The summed E-state index contributed by atoms with van der Waals surface area (Å²) in [5.74, 6) is 0. The molecule has 0 bridgehead atoms. The third-order valence-electron chi connectivity index (χ3n) is 2.93. The van der Waals surface area contributed by atoms with Gasteiger partial charge in [-0.05, 0) is 24.1 Å². The highest BCUT2D eigenvalue weighted by Crippen LogP contribution is 2.24. The maximum atomic E-state index is 9.48. The van der Waals surface area contributed by atoms with Gasteiger partial charge in [0.25, 0.3) is 0 Å². The van der Waals surface area contributed by atoms with Gasteiger partial charge in [-0.2, -0.15) is 0 Å². The van der Waals surface area contributed by atoms with E-state index in [1.165, 1.54) is 0 Å². The third-order valence-corrected chi connectivity index (χ3v) is 3.15. The number of aliphatic hydroxyl groups excluding tert-OH is 1. The van der Waals surface area contributed by atoms with E-state index in [0.717, 1.165) is 12.1 Å². The van der Waals surface area contributed by atoms with Crippen LogP contribution in [-0.2, 0) is 6.54 Å². The zero-order valence-electron chi connectivity index (χ0n) is 10.9. The van der Waals surface area contributed by atoms with E-state index >= 15 is 0 Å². The van der Waals surface area contributed by atoms with Crippen molar-refractivity contribution in [3.63, 3.8) is 0 Å². The fourth-order valence-electron chi connectivity index (χ4n) is 1.97. The molecule has 1 N–H and O–H groups in total. The minimum Gasteiger partial charge on any atom is -0.395 e. The van der Waals surface area contributed by atoms with Gasteiger partial charge in [0, 0.05) is 18.8 Å². The Balaban J connectivity index is 2.70. The molecule has 1 aromatic rings. The van der Waals surface area contributed by atoms with Crippen LogP contribution in [0.1, 0.15) is 26.3 Å². The van der Waals surface area contributed by atoms with Crippen molar-refractivity contribution >= 4 is 11.6 Å². The first kappa shape index (κ1) is 14.4. The molecule has 0 aliphatic rings. The minimum atomic E-state index is 0.0450. The lowest BCUT2D eigenvalue weighted by atomic mass is 9.86. The van der Waals surface area contributed by atoms with Crippen molar-refractivity contribution < 1.29 is 5.11 Å². The summed E-state index contributed by atoms with van der Waals surface area (Å²) in [4.78, 5) is 6.20. The maximum absolute atomic E-state index is 9.48. The number of hydrogen-bond acceptors (Lipinski definition) is 3. The molecule has 96 valence electrons. The molecule has 0 saturated carbocycles. The highest BCUT2D eigenvalue weighted by molar-refractivity contribution is 6.29. The summed E-state index contributed by atoms with van der Waals surface area (Å²) in [6.07, 6.45) is 1.77. The lowest BCUT2D eigenvalue weighted by Crippen LogP contribution is -2.43. The Morgan fingerprint density at radius 2 is 2.06 bits per heavy atom. The quantitative estimate of drug-likeness (QED) is 0.842. The third kappa shape index (κ3) is 4.26. The Morgan fingerprint density at radius 3 is 2.47 bits per heavy atom. The van der Waals surface area contributed by atoms with E-state index < -0.39 is 0 Å². The lowest BCUT2D eigenvalue weighted by Gasteiger charge is -2.36. The molecule has 1 aromatic heterocycles. The van der Waals surface area contributed by atoms with E-state index in [0.29, 0.717) is 5.15 Å². The van der Waals surface area contributed by atoms with Gasteiger partial charge in [0.2, 0.25) is 0 Å². The number of rotatable bonds is 4. The van der Waals surface area contributed by atoms with Crippen LogP contribution in [0, 0.1) is 5.41 Å². The fraction of sp³-hybridized carbons (Fsp3) is 0.615. The van der Waals surface area contributed by atoms with Crippen molar-refractivity contribution in [3.8, 4) is 0 Å². The van der Waals surface area contributed by atoms with Crippen molar-refractivity contribution in [2.45, 2.75) is 33.4 Å². The second kappa shape index (κ2) is 5.80. The Bertz CT molecular complexity index is 345. The molecule has 4 heteroatoms. The molecule has 1 rings (SSSR count). The van der Waals surface area contributed by atoms with Gasteiger partial charge in [0.15, 0.2) is 0 Å². The highest BCUT2D eigenvalue weighted by Gasteiger charge is 2.27. The lowest BCUT2D eigenvalue weighted by molar-refractivity contribution is 0.0613. The molecular weight excluding hydrogens is 236 g/mol. The zero-order valence-corrected chi connectivity index (χ0v) is 11.7. The van der Waals surface area contributed by atoms with E-state index in [2.05, 4.69) is 30.7 Å². The predicted molar refractivity (Wildman–Crippen MR) is 71.0 cm³/mol. The smallest absolute Gasteiger partial charge is 0.129 e. The molecule has 0 saturated heterocycles. The molecular formula is C13H21ClN2O. The van der Waals surface area contributed by atoms with Crippen LogP contribution >= 0.6 is 11.6 Å². The number of aliphatic hydroxyl groups is 1. The monoisotopic (exact) mass is 256 g/mol. The first-order chi connectivity index (χ1) is 7.84. The summed E-state index contributed by atoms with van der Waals surface area (Å²) in [6, 6.07) is 3.87. The standard InChI is InChI=1S/C13H21ClN2O/c1-13(2,3)11(9-17)16(4)8-10-5-6-12(14)15-7-10/h5-7,11,17H,8-9H2,1-4H3. The number of likely N-dealkylation sites (N-methyl/N-ethyl adjacent to an activating group) is 1. The van der Waals surface area contributed by atoms with E-state index in [1.807, 2.05) is 13.1 Å². The molecule has 0 aliphatic carbocycles. The summed E-state index contributed by atoms with van der Waals surface area (Å²) in [6.45, 7) is 7.30. The van der Waals surface area contributed by atoms with Gasteiger partial charge in [0.1, 0.15) is 5.15 Å². The molecule has 17 heavy (non-hydrogen) atoms. The second-order valence-electron chi connectivity index (χ2n) is 5.47. The Morgan fingerprint density at radius 1 is 1.41 bits per heavy atom. The van der Waals surface area contributed by atoms with Crippen LogP contribution in [0.3, 0.4) is 0 Å². The summed E-state index contributed by atoms with van der Waals surface area (Å²) < 4.78 is 0. The summed E-state index contributed by atoms with van der Waals surface area (Å²) in [5, 5.41) is 9.98. The normalized spacial score (nSPS) is 14.1. The van der Waals surface area contributed by atoms with Crippen LogP contribution < -0.4 is 0 Å². The molecule has 3 nitrogen and oxygen atoms in total. The van der Waals surface area contributed by atoms with Gasteiger partial charge in [-0.25, -0.2) is 4.98 Å². The summed E-state index contributed by atoms with van der Waals surface area (Å²) >= 11 is 5.75. The van der Waals surface area contributed by atoms with E-state index in [9.17, 15) is 5.11 Å². The molecule has 0 aliphatic heterocycles. The molecule has 0 aromatic carbocycles. The average molecular weight is 257 g/mol. The predicted octanol–water partition coefficient (Wildman–Crippen LogP) is 2.57. The van der Waals surface area contributed by atoms with E-state index in [-0.39, 0.29) is 18.1 Å². The van der Waals surface area contributed by atoms with E-state index in [4.69, 9.17) is 11.6 Å². The number of aromatic nitrogens is 1. The van der Waals surface area contributed by atoms with Gasteiger partial charge in [-0.3, -0.25) is 4.90 Å². The second-order valence-corrected chi connectivity index (χ2v) is 5.86. The highest BCUT2D eigenvalue weighted by atomic mass is 35.5. The zero-order chi connectivity index (χ0) is 13.1. The van der Waals surface area contributed by atoms with Crippen LogP contribution in [0.4, 0.5) is 0 Å².